The lowest BCUT2D eigenvalue weighted by atomic mass is 9.76. The van der Waals surface area contributed by atoms with Crippen molar-refractivity contribution in [3.63, 3.8) is 0 Å². The van der Waals surface area contributed by atoms with Gasteiger partial charge in [0.2, 0.25) is 0 Å². The Balaban J connectivity index is 1.95. The Morgan fingerprint density at radius 1 is 1.10 bits per heavy atom. The molecule has 0 fully saturated rings. The number of allylic oxidation sites excluding steroid dienone is 2. The molecule has 2 atom stereocenters. The van der Waals surface area contributed by atoms with Crippen LogP contribution in [0.25, 0.3) is 0 Å². The van der Waals surface area contributed by atoms with Crippen LogP contribution in [0.5, 0.6) is 0 Å². The number of rotatable bonds is 5. The first-order chi connectivity index (χ1) is 13.8. The molecule has 0 amide bonds. The molecule has 4 nitrogen and oxygen atoms in total. The van der Waals surface area contributed by atoms with E-state index in [2.05, 4.69) is 5.32 Å². The standard InChI is InChI=1S/C22H20F3NO3/c1-2-29-21(28)20-16(14-8-4-3-5-9-14)12-15(13-19(20)27)26-18-11-7-6-10-17(18)22(23,24)25/h3-11,13,16,20,26H,2,12H2,1H3/t16-,20-/m1/s1. The molecule has 0 aliphatic heterocycles. The largest absolute Gasteiger partial charge is 0.465 e. The summed E-state index contributed by atoms with van der Waals surface area (Å²) in [5.41, 5.74) is 0.106. The summed E-state index contributed by atoms with van der Waals surface area (Å²) in [6, 6.07) is 14.0. The average molecular weight is 403 g/mol. The Kier molecular flexibility index (Phi) is 6.06. The molecule has 0 spiro atoms. The number of ketones is 1. The summed E-state index contributed by atoms with van der Waals surface area (Å²) in [5, 5.41) is 2.75. The SMILES string of the molecule is CCOC(=O)[C@H]1C(=O)C=C(Nc2ccccc2C(F)(F)F)C[C@@H]1c1ccccc1. The molecule has 0 radical (unpaired) electrons. The molecule has 2 aromatic carbocycles. The molecule has 0 saturated carbocycles. The first-order valence-corrected chi connectivity index (χ1v) is 9.20. The van der Waals surface area contributed by atoms with Crippen LogP contribution in [0, 0.1) is 5.92 Å². The summed E-state index contributed by atoms with van der Waals surface area (Å²) >= 11 is 0. The van der Waals surface area contributed by atoms with Gasteiger partial charge >= 0.3 is 12.1 Å². The molecule has 3 rings (SSSR count). The number of esters is 1. The molecule has 1 N–H and O–H groups in total. The van der Waals surface area contributed by atoms with E-state index in [0.29, 0.717) is 5.70 Å². The van der Waals surface area contributed by atoms with Crippen molar-refractivity contribution >= 4 is 17.4 Å². The lowest BCUT2D eigenvalue weighted by molar-refractivity contribution is -0.151. The molecule has 7 heteroatoms. The molecule has 1 aliphatic carbocycles. The minimum atomic E-state index is -4.53. The molecule has 2 aromatic rings. The van der Waals surface area contributed by atoms with Crippen LogP contribution in [0.3, 0.4) is 0 Å². The fraction of sp³-hybridized carbons (Fsp3) is 0.273. The van der Waals surface area contributed by atoms with Crippen molar-refractivity contribution in [3.05, 3.63) is 77.5 Å². The number of benzene rings is 2. The maximum Gasteiger partial charge on any atom is 0.418 e. The molecule has 0 bridgehead atoms. The van der Waals surface area contributed by atoms with Crippen LogP contribution in [0.2, 0.25) is 0 Å². The average Bonchev–Trinajstić information content (AvgIpc) is 2.68. The summed E-state index contributed by atoms with van der Waals surface area (Å²) in [5.74, 6) is -2.68. The minimum absolute atomic E-state index is 0.137. The van der Waals surface area contributed by atoms with Gasteiger partial charge < -0.3 is 10.1 Å². The van der Waals surface area contributed by atoms with E-state index in [1.807, 2.05) is 6.07 Å². The van der Waals surface area contributed by atoms with Crippen molar-refractivity contribution in [1.29, 1.82) is 0 Å². The Morgan fingerprint density at radius 2 is 1.76 bits per heavy atom. The predicted octanol–water partition coefficient (Wildman–Crippen LogP) is 4.94. The molecule has 152 valence electrons. The van der Waals surface area contributed by atoms with E-state index in [9.17, 15) is 22.8 Å². The second-order valence-corrected chi connectivity index (χ2v) is 6.69. The molecule has 29 heavy (non-hydrogen) atoms. The van der Waals surface area contributed by atoms with Crippen LogP contribution in [0.15, 0.2) is 66.4 Å². The number of hydrogen-bond acceptors (Lipinski definition) is 4. The van der Waals surface area contributed by atoms with Gasteiger partial charge in [-0.05, 0) is 31.0 Å². The second-order valence-electron chi connectivity index (χ2n) is 6.69. The number of ether oxygens (including phenoxy) is 1. The molecule has 1 aliphatic rings. The maximum atomic E-state index is 13.3. The summed E-state index contributed by atoms with van der Waals surface area (Å²) in [6.07, 6.45) is -3.13. The molecule has 0 aromatic heterocycles. The van der Waals surface area contributed by atoms with Crippen molar-refractivity contribution in [3.8, 4) is 0 Å². The third kappa shape index (κ3) is 4.67. The lowest BCUT2D eigenvalue weighted by Crippen LogP contribution is -2.35. The summed E-state index contributed by atoms with van der Waals surface area (Å²) in [4.78, 5) is 25.1. The lowest BCUT2D eigenvalue weighted by Gasteiger charge is -2.30. The summed E-state index contributed by atoms with van der Waals surface area (Å²) in [7, 11) is 0. The highest BCUT2D eigenvalue weighted by Crippen LogP contribution is 2.39. The maximum absolute atomic E-state index is 13.3. The number of anilines is 1. The summed E-state index contributed by atoms with van der Waals surface area (Å²) in [6.45, 7) is 1.79. The first-order valence-electron chi connectivity index (χ1n) is 9.20. The van der Waals surface area contributed by atoms with Crippen LogP contribution in [0.1, 0.15) is 30.4 Å². The van der Waals surface area contributed by atoms with E-state index in [1.165, 1.54) is 24.3 Å². The number of alkyl halides is 3. The third-order valence-corrected chi connectivity index (χ3v) is 4.76. The summed E-state index contributed by atoms with van der Waals surface area (Å²) < 4.78 is 44.9. The Bertz CT molecular complexity index is 922. The highest BCUT2D eigenvalue weighted by molar-refractivity contribution is 6.07. The smallest absolute Gasteiger partial charge is 0.418 e. The number of carbonyl (C=O) groups excluding carboxylic acids is 2. The fourth-order valence-corrected chi connectivity index (χ4v) is 3.50. The normalized spacial score (nSPS) is 19.4. The van der Waals surface area contributed by atoms with Crippen LogP contribution < -0.4 is 5.32 Å². The van der Waals surface area contributed by atoms with Crippen LogP contribution in [0.4, 0.5) is 18.9 Å². The third-order valence-electron chi connectivity index (χ3n) is 4.76. The highest BCUT2D eigenvalue weighted by atomic mass is 19.4. The van der Waals surface area contributed by atoms with E-state index < -0.39 is 35.3 Å². The number of carbonyl (C=O) groups is 2. The van der Waals surface area contributed by atoms with Gasteiger partial charge in [0, 0.05) is 17.7 Å². The van der Waals surface area contributed by atoms with Gasteiger partial charge in [0.15, 0.2) is 5.78 Å². The van der Waals surface area contributed by atoms with Crippen molar-refractivity contribution in [2.45, 2.75) is 25.4 Å². The van der Waals surface area contributed by atoms with Crippen LogP contribution in [-0.4, -0.2) is 18.4 Å². The van der Waals surface area contributed by atoms with E-state index in [1.54, 1.807) is 31.2 Å². The fourth-order valence-electron chi connectivity index (χ4n) is 3.50. The number of hydrogen-bond donors (Lipinski definition) is 1. The second kappa shape index (κ2) is 8.51. The quantitative estimate of drug-likeness (QED) is 0.568. The Morgan fingerprint density at radius 3 is 2.41 bits per heavy atom. The minimum Gasteiger partial charge on any atom is -0.465 e. The first kappa shape index (κ1) is 20.6. The monoisotopic (exact) mass is 403 g/mol. The van der Waals surface area contributed by atoms with E-state index in [-0.39, 0.29) is 18.7 Å². The van der Waals surface area contributed by atoms with Gasteiger partial charge in [0.1, 0.15) is 5.92 Å². The van der Waals surface area contributed by atoms with Crippen molar-refractivity contribution in [2.24, 2.45) is 5.92 Å². The van der Waals surface area contributed by atoms with Gasteiger partial charge in [-0.15, -0.1) is 0 Å². The van der Waals surface area contributed by atoms with Crippen LogP contribution in [-0.2, 0) is 20.5 Å². The zero-order valence-electron chi connectivity index (χ0n) is 15.7. The van der Waals surface area contributed by atoms with Gasteiger partial charge in [0.05, 0.1) is 17.9 Å². The van der Waals surface area contributed by atoms with Crippen molar-refractivity contribution < 1.29 is 27.5 Å². The van der Waals surface area contributed by atoms with Gasteiger partial charge in [-0.1, -0.05) is 42.5 Å². The molecule has 0 saturated heterocycles. The van der Waals surface area contributed by atoms with Gasteiger partial charge in [-0.25, -0.2) is 0 Å². The molecule has 0 heterocycles. The van der Waals surface area contributed by atoms with Crippen molar-refractivity contribution in [2.75, 3.05) is 11.9 Å². The molecular weight excluding hydrogens is 383 g/mol. The number of para-hydroxylation sites is 1. The molecular formula is C22H20F3NO3. The number of halogens is 3. The predicted molar refractivity (Wildman–Crippen MR) is 102 cm³/mol. The van der Waals surface area contributed by atoms with E-state index >= 15 is 0 Å². The topological polar surface area (TPSA) is 55.4 Å². The van der Waals surface area contributed by atoms with E-state index in [4.69, 9.17) is 4.74 Å². The molecule has 0 unspecified atom stereocenters. The van der Waals surface area contributed by atoms with E-state index in [0.717, 1.165) is 11.6 Å². The zero-order valence-corrected chi connectivity index (χ0v) is 15.7. The van der Waals surface area contributed by atoms with Crippen LogP contribution >= 0.6 is 0 Å². The Labute approximate surface area is 166 Å². The van der Waals surface area contributed by atoms with Gasteiger partial charge in [-0.2, -0.15) is 13.2 Å². The van der Waals surface area contributed by atoms with Gasteiger partial charge in [-0.3, -0.25) is 9.59 Å². The van der Waals surface area contributed by atoms with Crippen molar-refractivity contribution in [1.82, 2.24) is 0 Å². The zero-order chi connectivity index (χ0) is 21.0. The number of nitrogens with one attached hydrogen (secondary N) is 1. The van der Waals surface area contributed by atoms with Gasteiger partial charge in [0.25, 0.3) is 0 Å². The highest BCUT2D eigenvalue weighted by Gasteiger charge is 2.40. The Hall–Kier alpha value is -3.09.